The number of rotatable bonds is 5. The molecule has 2 fully saturated rings. The molecule has 2 atom stereocenters. The van der Waals surface area contributed by atoms with E-state index in [9.17, 15) is 8.42 Å². The summed E-state index contributed by atoms with van der Waals surface area (Å²) in [5.41, 5.74) is 1.14. The molecule has 0 aromatic heterocycles. The van der Waals surface area contributed by atoms with Gasteiger partial charge in [-0.1, -0.05) is 12.1 Å². The maximum Gasteiger partial charge on any atom is 0.191 e. The fraction of sp³-hybridized carbons (Fsp3) is 0.611. The lowest BCUT2D eigenvalue weighted by Gasteiger charge is -2.22. The number of sulfone groups is 1. The molecule has 2 N–H and O–H groups in total. The standard InChI is InChI=1S/C18H28N4O3S/c1-19-18(21-15-8-10-26(23,24)13-15)20-11-14-7-9-22(12-14)16-5-3-4-6-17(16)25-2/h3-6,14-15H,7-13H2,1-2H3,(H2,19,20,21). The fourth-order valence-electron chi connectivity index (χ4n) is 3.65. The van der Waals surface area contributed by atoms with Crippen LogP contribution in [0.3, 0.4) is 0 Å². The van der Waals surface area contributed by atoms with Crippen molar-refractivity contribution < 1.29 is 13.2 Å². The van der Waals surface area contributed by atoms with Crippen molar-refractivity contribution >= 4 is 21.5 Å². The number of anilines is 1. The molecule has 0 amide bonds. The number of ether oxygens (including phenoxy) is 1. The molecule has 2 heterocycles. The van der Waals surface area contributed by atoms with Gasteiger partial charge in [0.15, 0.2) is 15.8 Å². The average Bonchev–Trinajstić information content (AvgIpc) is 3.24. The molecule has 2 aliphatic rings. The molecular weight excluding hydrogens is 352 g/mol. The molecule has 0 spiro atoms. The first-order chi connectivity index (χ1) is 12.5. The maximum absolute atomic E-state index is 11.6. The van der Waals surface area contributed by atoms with Crippen LogP contribution in [0.2, 0.25) is 0 Å². The second-order valence-electron chi connectivity index (χ2n) is 6.97. The van der Waals surface area contributed by atoms with Gasteiger partial charge >= 0.3 is 0 Å². The smallest absolute Gasteiger partial charge is 0.191 e. The van der Waals surface area contributed by atoms with E-state index in [2.05, 4.69) is 26.6 Å². The van der Waals surface area contributed by atoms with Crippen molar-refractivity contribution in [3.63, 3.8) is 0 Å². The van der Waals surface area contributed by atoms with Crippen LogP contribution in [0, 0.1) is 5.92 Å². The Morgan fingerprint density at radius 2 is 2.15 bits per heavy atom. The molecule has 0 saturated carbocycles. The summed E-state index contributed by atoms with van der Waals surface area (Å²) >= 11 is 0. The minimum absolute atomic E-state index is 0.0418. The Hall–Kier alpha value is -1.96. The van der Waals surface area contributed by atoms with Crippen LogP contribution < -0.4 is 20.3 Å². The van der Waals surface area contributed by atoms with E-state index in [1.165, 1.54) is 0 Å². The van der Waals surface area contributed by atoms with Gasteiger partial charge in [-0.25, -0.2) is 8.42 Å². The van der Waals surface area contributed by atoms with E-state index in [4.69, 9.17) is 4.74 Å². The van der Waals surface area contributed by atoms with Crippen LogP contribution in [-0.2, 0) is 9.84 Å². The third-order valence-corrected chi connectivity index (χ3v) is 6.83. The number of aliphatic imine (C=N–C) groups is 1. The van der Waals surface area contributed by atoms with E-state index in [1.807, 2.05) is 18.2 Å². The van der Waals surface area contributed by atoms with Gasteiger partial charge < -0.3 is 20.3 Å². The van der Waals surface area contributed by atoms with E-state index >= 15 is 0 Å². The van der Waals surface area contributed by atoms with Crippen molar-refractivity contribution in [1.29, 1.82) is 0 Å². The van der Waals surface area contributed by atoms with Crippen molar-refractivity contribution in [3.8, 4) is 5.75 Å². The number of nitrogens with zero attached hydrogens (tertiary/aromatic N) is 2. The van der Waals surface area contributed by atoms with Crippen LogP contribution >= 0.6 is 0 Å². The Labute approximate surface area is 155 Å². The van der Waals surface area contributed by atoms with E-state index in [0.717, 1.165) is 37.5 Å². The summed E-state index contributed by atoms with van der Waals surface area (Å²) < 4.78 is 28.6. The molecule has 1 aromatic rings. The van der Waals surface area contributed by atoms with E-state index in [-0.39, 0.29) is 17.5 Å². The normalized spacial score (nSPS) is 25.3. The van der Waals surface area contributed by atoms with Crippen molar-refractivity contribution in [2.45, 2.75) is 18.9 Å². The number of benzene rings is 1. The highest BCUT2D eigenvalue weighted by molar-refractivity contribution is 7.91. The van der Waals surface area contributed by atoms with Gasteiger partial charge in [0, 0.05) is 32.7 Å². The first-order valence-corrected chi connectivity index (χ1v) is 10.9. The molecular formula is C18H28N4O3S. The SMILES string of the molecule is CN=C(NCC1CCN(c2ccccc2OC)C1)NC1CCS(=O)(=O)C1. The van der Waals surface area contributed by atoms with Crippen LogP contribution in [0.4, 0.5) is 5.69 Å². The third kappa shape index (κ3) is 4.60. The molecule has 144 valence electrons. The third-order valence-electron chi connectivity index (χ3n) is 5.07. The highest BCUT2D eigenvalue weighted by atomic mass is 32.2. The van der Waals surface area contributed by atoms with Crippen LogP contribution in [0.1, 0.15) is 12.8 Å². The Kier molecular flexibility index (Phi) is 5.90. The topological polar surface area (TPSA) is 83.0 Å². The predicted octanol–water partition coefficient (Wildman–Crippen LogP) is 0.874. The first-order valence-electron chi connectivity index (χ1n) is 9.06. The van der Waals surface area contributed by atoms with Gasteiger partial charge in [0.05, 0.1) is 24.3 Å². The van der Waals surface area contributed by atoms with E-state index < -0.39 is 9.84 Å². The van der Waals surface area contributed by atoms with Crippen molar-refractivity contribution in [1.82, 2.24) is 10.6 Å². The zero-order valence-corrected chi connectivity index (χ0v) is 16.3. The average molecular weight is 381 g/mol. The van der Waals surface area contributed by atoms with Crippen molar-refractivity contribution in [2.75, 3.05) is 50.2 Å². The largest absolute Gasteiger partial charge is 0.495 e. The predicted molar refractivity (Wildman–Crippen MR) is 105 cm³/mol. The molecule has 7 nitrogen and oxygen atoms in total. The van der Waals surface area contributed by atoms with Gasteiger partial charge in [-0.15, -0.1) is 0 Å². The number of guanidine groups is 1. The summed E-state index contributed by atoms with van der Waals surface area (Å²) in [6.07, 6.45) is 1.74. The number of hydrogen-bond donors (Lipinski definition) is 2. The van der Waals surface area contributed by atoms with Gasteiger partial charge in [0.25, 0.3) is 0 Å². The second kappa shape index (κ2) is 8.16. The highest BCUT2D eigenvalue weighted by Crippen LogP contribution is 2.31. The highest BCUT2D eigenvalue weighted by Gasteiger charge is 2.29. The summed E-state index contributed by atoms with van der Waals surface area (Å²) in [5, 5.41) is 6.58. The minimum atomic E-state index is -2.89. The molecule has 2 aliphatic heterocycles. The quantitative estimate of drug-likeness (QED) is 0.583. The van der Waals surface area contributed by atoms with Gasteiger partial charge in [0.2, 0.25) is 0 Å². The van der Waals surface area contributed by atoms with Crippen molar-refractivity contribution in [3.05, 3.63) is 24.3 Å². The molecule has 1 aromatic carbocycles. The van der Waals surface area contributed by atoms with Gasteiger partial charge in [0.1, 0.15) is 5.75 Å². The Balaban J connectivity index is 1.49. The second-order valence-corrected chi connectivity index (χ2v) is 9.20. The lowest BCUT2D eigenvalue weighted by Crippen LogP contribution is -2.45. The van der Waals surface area contributed by atoms with Crippen molar-refractivity contribution in [2.24, 2.45) is 10.9 Å². The fourth-order valence-corrected chi connectivity index (χ4v) is 5.32. The lowest BCUT2D eigenvalue weighted by molar-refractivity contribution is 0.414. The van der Waals surface area contributed by atoms with E-state index in [1.54, 1.807) is 14.2 Å². The molecule has 8 heteroatoms. The Morgan fingerprint density at radius 1 is 1.35 bits per heavy atom. The number of nitrogens with one attached hydrogen (secondary N) is 2. The van der Waals surface area contributed by atoms with Crippen LogP contribution in [0.25, 0.3) is 0 Å². The van der Waals surface area contributed by atoms with Crippen LogP contribution in [-0.4, -0.2) is 65.7 Å². The molecule has 2 saturated heterocycles. The summed E-state index contributed by atoms with van der Waals surface area (Å²) in [6, 6.07) is 8.05. The molecule has 26 heavy (non-hydrogen) atoms. The molecule has 0 aliphatic carbocycles. The van der Waals surface area contributed by atoms with Gasteiger partial charge in [-0.2, -0.15) is 0 Å². The maximum atomic E-state index is 11.6. The zero-order chi connectivity index (χ0) is 18.6. The summed E-state index contributed by atoms with van der Waals surface area (Å²) in [6.45, 7) is 2.77. The monoisotopic (exact) mass is 380 g/mol. The van der Waals surface area contributed by atoms with Crippen LogP contribution in [0.15, 0.2) is 29.3 Å². The molecule has 0 radical (unpaired) electrons. The molecule has 0 bridgehead atoms. The number of hydrogen-bond acceptors (Lipinski definition) is 5. The zero-order valence-electron chi connectivity index (χ0n) is 15.4. The van der Waals surface area contributed by atoms with E-state index in [0.29, 0.717) is 18.3 Å². The van der Waals surface area contributed by atoms with Crippen LogP contribution in [0.5, 0.6) is 5.75 Å². The molecule has 3 rings (SSSR count). The summed E-state index contributed by atoms with van der Waals surface area (Å²) in [4.78, 5) is 6.58. The van der Waals surface area contributed by atoms with Gasteiger partial charge in [-0.3, -0.25) is 4.99 Å². The van der Waals surface area contributed by atoms with Gasteiger partial charge in [-0.05, 0) is 30.9 Å². The summed E-state index contributed by atoms with van der Waals surface area (Å²) in [7, 11) is 0.530. The first kappa shape index (κ1) is 18.8. The minimum Gasteiger partial charge on any atom is -0.495 e. The lowest BCUT2D eigenvalue weighted by atomic mass is 10.1. The Morgan fingerprint density at radius 3 is 2.85 bits per heavy atom. The summed E-state index contributed by atoms with van der Waals surface area (Å²) in [5.74, 6) is 2.55. The number of methoxy groups -OCH3 is 1. The Bertz CT molecular complexity index is 751. The molecule has 2 unspecified atom stereocenters. The number of para-hydroxylation sites is 2.